The average Bonchev–Trinajstić information content (AvgIpc) is 3.15. The number of pyridine rings is 1. The molecule has 1 aliphatic heterocycles. The van der Waals surface area contributed by atoms with Crippen LogP contribution in [-0.2, 0) is 6.42 Å². The average molecular weight is 488 g/mol. The monoisotopic (exact) mass is 487 g/mol. The van der Waals surface area contributed by atoms with Crippen molar-refractivity contribution < 1.29 is 13.5 Å². The fourth-order valence-corrected chi connectivity index (χ4v) is 4.24. The van der Waals surface area contributed by atoms with Crippen molar-refractivity contribution in [3.63, 3.8) is 0 Å². The van der Waals surface area contributed by atoms with E-state index in [1.54, 1.807) is 35.4 Å². The van der Waals surface area contributed by atoms with Gasteiger partial charge in [0.25, 0.3) is 0 Å². The Labute approximate surface area is 196 Å². The molecule has 12 heteroatoms. The summed E-state index contributed by atoms with van der Waals surface area (Å²) >= 11 is 7.20. The summed E-state index contributed by atoms with van der Waals surface area (Å²) in [6, 6.07) is 4.60. The van der Waals surface area contributed by atoms with Gasteiger partial charge >= 0.3 is 0 Å². The summed E-state index contributed by atoms with van der Waals surface area (Å²) in [4.78, 5) is 12.4. The van der Waals surface area contributed by atoms with Crippen LogP contribution < -0.4 is 9.46 Å². The molecule has 33 heavy (non-hydrogen) atoms. The van der Waals surface area contributed by atoms with Crippen molar-refractivity contribution >= 4 is 29.5 Å². The van der Waals surface area contributed by atoms with Crippen LogP contribution in [0.15, 0.2) is 49.1 Å². The molecule has 1 aliphatic rings. The number of aromatic nitrogens is 6. The minimum Gasteiger partial charge on any atom is -0.489 e. The lowest BCUT2D eigenvalue weighted by Gasteiger charge is -2.20. The highest BCUT2D eigenvalue weighted by Crippen LogP contribution is 2.38. The first kappa shape index (κ1) is 21.5. The van der Waals surface area contributed by atoms with Gasteiger partial charge < -0.3 is 4.74 Å². The minimum atomic E-state index is -0.675. The highest BCUT2D eigenvalue weighted by atomic mass is 35.5. The number of ether oxygens (including phenoxy) is 1. The topological polar surface area (TPSA) is 90.6 Å². The van der Waals surface area contributed by atoms with Crippen LogP contribution in [0.2, 0.25) is 5.02 Å². The van der Waals surface area contributed by atoms with E-state index < -0.39 is 17.7 Å². The van der Waals surface area contributed by atoms with Gasteiger partial charge in [0.15, 0.2) is 5.82 Å². The van der Waals surface area contributed by atoms with E-state index in [9.17, 15) is 8.78 Å². The van der Waals surface area contributed by atoms with Gasteiger partial charge in [0.1, 0.15) is 35.9 Å². The lowest BCUT2D eigenvalue weighted by molar-refractivity contribution is 0.277. The number of hydrogen-bond donors (Lipinski definition) is 1. The quantitative estimate of drug-likeness (QED) is 0.317. The second-order valence-corrected chi connectivity index (χ2v) is 8.44. The maximum atomic E-state index is 14.7. The Balaban J connectivity index is 1.44. The van der Waals surface area contributed by atoms with Gasteiger partial charge in [-0.3, -0.25) is 14.3 Å². The van der Waals surface area contributed by atoms with Gasteiger partial charge in [-0.2, -0.15) is 0 Å². The largest absolute Gasteiger partial charge is 0.489 e. The molecule has 8 nitrogen and oxygen atoms in total. The zero-order chi connectivity index (χ0) is 22.8. The van der Waals surface area contributed by atoms with Crippen LogP contribution in [0.3, 0.4) is 0 Å². The Bertz CT molecular complexity index is 1290. The SMILES string of the molecule is Fc1ccc(C2COc3cnccc3-c3nnc(NSCCc4ncc(Cl)cn4)n32)c(F)c1. The molecule has 0 bridgehead atoms. The van der Waals surface area contributed by atoms with Crippen LogP contribution in [0.4, 0.5) is 14.7 Å². The third-order valence-corrected chi connectivity index (χ3v) is 5.95. The molecule has 5 rings (SSSR count). The number of hydrogen-bond acceptors (Lipinski definition) is 8. The van der Waals surface area contributed by atoms with Crippen LogP contribution in [0.5, 0.6) is 5.75 Å². The smallest absolute Gasteiger partial charge is 0.235 e. The Morgan fingerprint density at radius 3 is 2.82 bits per heavy atom. The maximum Gasteiger partial charge on any atom is 0.235 e. The molecule has 0 saturated carbocycles. The first-order chi connectivity index (χ1) is 16.1. The summed E-state index contributed by atoms with van der Waals surface area (Å²) in [7, 11) is 0. The van der Waals surface area contributed by atoms with Gasteiger partial charge in [-0.1, -0.05) is 17.7 Å². The molecule has 168 valence electrons. The van der Waals surface area contributed by atoms with Crippen LogP contribution in [0.1, 0.15) is 17.4 Å². The molecule has 1 atom stereocenters. The van der Waals surface area contributed by atoms with E-state index in [0.717, 1.165) is 6.07 Å². The van der Waals surface area contributed by atoms with E-state index in [1.165, 1.54) is 24.1 Å². The predicted molar refractivity (Wildman–Crippen MR) is 120 cm³/mol. The molecule has 0 fully saturated rings. The summed E-state index contributed by atoms with van der Waals surface area (Å²) in [5, 5.41) is 9.08. The van der Waals surface area contributed by atoms with E-state index >= 15 is 0 Å². The Morgan fingerprint density at radius 1 is 1.15 bits per heavy atom. The molecular formula is C21H16ClF2N7OS. The zero-order valence-electron chi connectivity index (χ0n) is 17.0. The number of fused-ring (bicyclic) bond motifs is 3. The molecular weight excluding hydrogens is 472 g/mol. The second kappa shape index (κ2) is 9.28. The summed E-state index contributed by atoms with van der Waals surface area (Å²) in [6.07, 6.45) is 6.90. The molecule has 0 radical (unpaired) electrons. The van der Waals surface area contributed by atoms with Crippen molar-refractivity contribution in [3.8, 4) is 17.1 Å². The first-order valence-electron chi connectivity index (χ1n) is 9.91. The molecule has 1 N–H and O–H groups in total. The lowest BCUT2D eigenvalue weighted by atomic mass is 10.1. The van der Waals surface area contributed by atoms with E-state index in [1.807, 2.05) is 0 Å². The van der Waals surface area contributed by atoms with Crippen molar-refractivity contribution in [2.45, 2.75) is 12.5 Å². The first-order valence-corrected chi connectivity index (χ1v) is 11.3. The number of benzene rings is 1. The molecule has 0 amide bonds. The van der Waals surface area contributed by atoms with E-state index in [2.05, 4.69) is 29.9 Å². The van der Waals surface area contributed by atoms with Crippen LogP contribution in [0, 0.1) is 11.6 Å². The standard InChI is InChI=1S/C21H16ClF2N7OS/c22-12-8-26-19(27-9-12)4-6-33-30-21-29-28-20-15-3-5-25-10-18(15)32-11-17(31(20)21)14-2-1-13(23)7-16(14)24/h1-3,5,7-10,17H,4,6,11H2,(H,29,30). The van der Waals surface area contributed by atoms with E-state index in [0.29, 0.717) is 46.1 Å². The Hall–Kier alpha value is -3.31. The van der Waals surface area contributed by atoms with Crippen LogP contribution in [-0.4, -0.2) is 42.1 Å². The molecule has 0 spiro atoms. The van der Waals surface area contributed by atoms with Gasteiger partial charge in [0.05, 0.1) is 16.8 Å². The fourth-order valence-electron chi connectivity index (χ4n) is 3.49. The van der Waals surface area contributed by atoms with Crippen molar-refractivity contribution in [2.24, 2.45) is 0 Å². The highest BCUT2D eigenvalue weighted by molar-refractivity contribution is 8.00. The van der Waals surface area contributed by atoms with Crippen molar-refractivity contribution in [1.29, 1.82) is 0 Å². The summed E-state index contributed by atoms with van der Waals surface area (Å²) in [5.74, 6) is 1.38. The highest BCUT2D eigenvalue weighted by Gasteiger charge is 2.30. The Morgan fingerprint density at radius 2 is 2.00 bits per heavy atom. The molecule has 4 heterocycles. The van der Waals surface area contributed by atoms with Crippen molar-refractivity contribution in [1.82, 2.24) is 29.7 Å². The minimum absolute atomic E-state index is 0.0875. The number of anilines is 1. The second-order valence-electron chi connectivity index (χ2n) is 7.10. The summed E-state index contributed by atoms with van der Waals surface area (Å²) in [5.41, 5.74) is 0.941. The van der Waals surface area contributed by atoms with Gasteiger partial charge in [0.2, 0.25) is 5.95 Å². The lowest BCUT2D eigenvalue weighted by Crippen LogP contribution is -2.20. The molecule has 0 aliphatic carbocycles. The van der Waals surface area contributed by atoms with E-state index in [4.69, 9.17) is 16.3 Å². The third-order valence-electron chi connectivity index (χ3n) is 5.02. The predicted octanol–water partition coefficient (Wildman–Crippen LogP) is 4.35. The van der Waals surface area contributed by atoms with Crippen molar-refractivity contribution in [2.75, 3.05) is 17.1 Å². The number of rotatable bonds is 6. The number of halogens is 3. The number of nitrogens with zero attached hydrogens (tertiary/aromatic N) is 6. The molecule has 1 unspecified atom stereocenters. The van der Waals surface area contributed by atoms with E-state index in [-0.39, 0.29) is 12.2 Å². The van der Waals surface area contributed by atoms with Crippen LogP contribution in [0.25, 0.3) is 11.4 Å². The van der Waals surface area contributed by atoms with Gasteiger partial charge in [-0.05, 0) is 24.1 Å². The van der Waals surface area contributed by atoms with Crippen molar-refractivity contribution in [3.05, 3.63) is 77.1 Å². The third kappa shape index (κ3) is 4.46. The number of nitrogens with one attached hydrogen (secondary N) is 1. The summed E-state index contributed by atoms with van der Waals surface area (Å²) in [6.45, 7) is 0.0875. The van der Waals surface area contributed by atoms with Gasteiger partial charge in [-0.15, -0.1) is 10.2 Å². The molecule has 0 saturated heterocycles. The van der Waals surface area contributed by atoms with Gasteiger partial charge in [0, 0.05) is 42.4 Å². The van der Waals surface area contributed by atoms with Crippen LogP contribution >= 0.6 is 23.5 Å². The maximum absolute atomic E-state index is 14.7. The Kier molecular flexibility index (Phi) is 6.05. The number of aryl methyl sites for hydroxylation is 1. The van der Waals surface area contributed by atoms with Gasteiger partial charge in [-0.25, -0.2) is 18.7 Å². The molecule has 4 aromatic rings. The molecule has 1 aromatic carbocycles. The summed E-state index contributed by atoms with van der Waals surface area (Å²) < 4.78 is 39.1. The molecule has 3 aromatic heterocycles. The fraction of sp³-hybridized carbons (Fsp3) is 0.190. The zero-order valence-corrected chi connectivity index (χ0v) is 18.5. The normalized spacial score (nSPS) is 14.7.